The number of unbranched alkanes of at least 4 members (excludes halogenated alkanes) is 4. The van der Waals surface area contributed by atoms with Gasteiger partial charge in [-0.2, -0.15) is 0 Å². The average Bonchev–Trinajstić information content (AvgIpc) is 0.863. The molecule has 9 saturated carbocycles. The molecule has 0 amide bonds. The van der Waals surface area contributed by atoms with E-state index in [0.717, 1.165) is 53.3 Å². The summed E-state index contributed by atoms with van der Waals surface area (Å²) in [6.45, 7) is 37.3. The Balaban J connectivity index is -0.000000967. The van der Waals surface area contributed by atoms with E-state index in [1.54, 1.807) is 124 Å². The molecule has 0 aliphatic heterocycles. The number of fused-ring (bicyclic) bond motifs is 7. The molecule has 0 heteroatoms. The van der Waals surface area contributed by atoms with Gasteiger partial charge in [-0.3, -0.25) is 0 Å². The number of terminal acetylenes is 1. The highest BCUT2D eigenvalue weighted by molar-refractivity contribution is 5.44. The summed E-state index contributed by atoms with van der Waals surface area (Å²) in [5, 5.41) is 0. The van der Waals surface area contributed by atoms with E-state index < -0.39 is 0 Å². The molecule has 500 valence electrons. The highest BCUT2D eigenvalue weighted by Crippen LogP contribution is 2.59. The van der Waals surface area contributed by atoms with Crippen LogP contribution in [-0.2, 0) is 0 Å². The van der Waals surface area contributed by atoms with Crippen molar-refractivity contribution in [1.82, 2.24) is 0 Å². The molecule has 0 spiro atoms. The van der Waals surface area contributed by atoms with Crippen LogP contribution in [-0.4, -0.2) is 0 Å². The Labute approximate surface area is 561 Å². The summed E-state index contributed by atoms with van der Waals surface area (Å²) in [5.41, 5.74) is 0. The first-order valence-corrected chi connectivity index (χ1v) is 38.1. The molecule has 89 heavy (non-hydrogen) atoms. The molecular weight excluding hydrogens is 1070 g/mol. The summed E-state index contributed by atoms with van der Waals surface area (Å²) in [6.07, 6.45) is 57.9. The molecule has 0 aromatic rings. The minimum absolute atomic E-state index is 0. The Morgan fingerprint density at radius 2 is 0.618 bits per heavy atom. The largest absolute Gasteiger partial charge is 0.106 e. The first-order chi connectivity index (χ1) is 43.3. The molecule has 9 fully saturated rings. The van der Waals surface area contributed by atoms with Gasteiger partial charge in [0.2, 0.25) is 0 Å². The predicted octanol–water partition coefficient (Wildman–Crippen LogP) is 25.5. The van der Waals surface area contributed by atoms with Crippen molar-refractivity contribution in [3.63, 3.8) is 0 Å². The number of hydrogen-bond donors (Lipinski definition) is 0. The van der Waals surface area contributed by atoms with Crippen molar-refractivity contribution >= 4 is 0 Å². The van der Waals surface area contributed by atoms with E-state index in [1.165, 1.54) is 158 Å². The second-order valence-electron chi connectivity index (χ2n) is 25.4. The van der Waals surface area contributed by atoms with Crippen LogP contribution in [0, 0.1) is 208 Å². The van der Waals surface area contributed by atoms with Gasteiger partial charge < -0.3 is 0 Å². The first-order valence-electron chi connectivity index (χ1n) is 38.1. The quantitative estimate of drug-likeness (QED) is 0.143. The van der Waals surface area contributed by atoms with Crippen LogP contribution in [0.3, 0.4) is 0 Å². The van der Waals surface area contributed by atoms with Crippen molar-refractivity contribution in [3.8, 4) is 119 Å². The van der Waals surface area contributed by atoms with Crippen molar-refractivity contribution in [2.24, 2.45) is 88.8 Å². The predicted molar refractivity (Wildman–Crippen MR) is 402 cm³/mol. The lowest BCUT2D eigenvalue weighted by Gasteiger charge is -2.56. The summed E-state index contributed by atoms with van der Waals surface area (Å²) >= 11 is 0. The van der Waals surface area contributed by atoms with Crippen molar-refractivity contribution in [3.05, 3.63) is 0 Å². The zero-order valence-electron chi connectivity index (χ0n) is 61.5. The van der Waals surface area contributed by atoms with Gasteiger partial charge in [0.25, 0.3) is 0 Å². The average molecular weight is 1210 g/mol. The van der Waals surface area contributed by atoms with Crippen LogP contribution in [0.25, 0.3) is 0 Å². The van der Waals surface area contributed by atoms with Gasteiger partial charge in [-0.15, -0.1) is 6.42 Å². The summed E-state index contributed by atoms with van der Waals surface area (Å²) in [6, 6.07) is 0. The fourth-order valence-corrected chi connectivity index (χ4v) is 16.8. The highest BCUT2D eigenvalue weighted by atomic mass is 14.6. The maximum atomic E-state index is 4.82. The normalized spacial score (nSPS) is 27.5. The zero-order chi connectivity index (χ0) is 65.8. The van der Waals surface area contributed by atoms with Gasteiger partial charge in [-0.1, -0.05) is 277 Å². The van der Waals surface area contributed by atoms with Crippen molar-refractivity contribution in [1.29, 1.82) is 0 Å². The first kappa shape index (κ1) is 88.8. The monoisotopic (exact) mass is 1210 g/mol. The third kappa shape index (κ3) is 35.9. The van der Waals surface area contributed by atoms with Crippen LogP contribution >= 0.6 is 0 Å². The van der Waals surface area contributed by atoms with Crippen molar-refractivity contribution < 1.29 is 0 Å². The standard InChI is InChI=1S/C14H24.C14H26.C14H6.2C13H24.C9H4.C3H8.4C2H6.CH4/c1-2-4-8-12-11(7-3-1)13-9-5-6-10-14(12)13;1-3-5-8-12-11(4-2)13-9-6-7-10-14(12)13;1-3-5-7-9-11-13-14-12-10-8-6-4-2;1-3-4-7-11-10(2)12-8-5-6-9-13(11)12;1-2-3-4-7-11-10-12-8-5-6-9-13(11)12;1-3-5-7-9-8-6-4-2;1-3-2;4*1-2;/h11-14H,1-10H2;11-14H,3-10H2,1-2H3;1-2H3;10-13H,3-9H2,1-2H3;11-13H,2-10H2,1H3;1H,2H3;3H2,1-2H3;4*1-2H3;1H4. The third-order valence-corrected chi connectivity index (χ3v) is 20.5. The molecule has 0 heterocycles. The summed E-state index contributed by atoms with van der Waals surface area (Å²) in [4.78, 5) is 0. The van der Waals surface area contributed by atoms with E-state index in [4.69, 9.17) is 6.42 Å². The van der Waals surface area contributed by atoms with E-state index in [0.29, 0.717) is 0 Å². The topological polar surface area (TPSA) is 0 Å². The molecular formula is C89H144. The van der Waals surface area contributed by atoms with E-state index in [-0.39, 0.29) is 7.43 Å². The van der Waals surface area contributed by atoms with Crippen LogP contribution in [0.1, 0.15) is 357 Å². The Morgan fingerprint density at radius 3 is 0.978 bits per heavy atom. The molecule has 0 nitrogen and oxygen atoms in total. The molecule has 9 rings (SSSR count). The lowest BCUT2D eigenvalue weighted by Crippen LogP contribution is -2.48. The van der Waals surface area contributed by atoms with Gasteiger partial charge in [0.05, 0.1) is 0 Å². The molecule has 9 aliphatic rings. The molecule has 9 aliphatic carbocycles. The maximum Gasteiger partial charge on any atom is -0.00000000396 e. The summed E-state index contributed by atoms with van der Waals surface area (Å²) in [5.74, 6) is 64.8. The molecule has 0 saturated heterocycles. The Morgan fingerprint density at radius 1 is 0.315 bits per heavy atom. The lowest BCUT2D eigenvalue weighted by atomic mass is 9.49. The van der Waals surface area contributed by atoms with Crippen LogP contribution in [0.4, 0.5) is 0 Å². The van der Waals surface area contributed by atoms with Gasteiger partial charge in [-0.25, -0.2) is 0 Å². The minimum atomic E-state index is 0. The summed E-state index contributed by atoms with van der Waals surface area (Å²) in [7, 11) is 0. The SMILES string of the molecule is C.C#CC#CC#CC#CC.C1CCCC2C(CC1)C1CCCCC21.CC.CC.CC.CC.CC#CC#CC#CC#CC#CC#CC.CCC.CCCCC1C(C)C2CCCCC12.CCCCC1C(CC)C2CCCCC12.CCCCCC1CC2CCCCC12. The van der Waals surface area contributed by atoms with Crippen LogP contribution < -0.4 is 0 Å². The third-order valence-electron chi connectivity index (χ3n) is 20.5. The highest BCUT2D eigenvalue weighted by Gasteiger charge is 2.50. The van der Waals surface area contributed by atoms with Crippen molar-refractivity contribution in [2.45, 2.75) is 357 Å². The molecule has 0 N–H and O–H groups in total. The van der Waals surface area contributed by atoms with Crippen molar-refractivity contribution in [2.75, 3.05) is 0 Å². The Kier molecular flexibility index (Phi) is 63.6. The zero-order valence-corrected chi connectivity index (χ0v) is 61.5. The molecule has 0 radical (unpaired) electrons. The maximum absolute atomic E-state index is 4.82. The Hall–Kier alpha value is -4.40. The second kappa shape index (κ2) is 63.7. The van der Waals surface area contributed by atoms with Crippen LogP contribution in [0.2, 0.25) is 0 Å². The van der Waals surface area contributed by atoms with Gasteiger partial charge in [0.15, 0.2) is 0 Å². The number of rotatable bonds is 11. The van der Waals surface area contributed by atoms with Gasteiger partial charge >= 0.3 is 0 Å². The second-order valence-corrected chi connectivity index (χ2v) is 25.4. The fraction of sp³-hybridized carbons (Fsp3) is 0.775. The Bertz CT molecular complexity index is 2230. The van der Waals surface area contributed by atoms with E-state index in [1.807, 2.05) is 55.4 Å². The molecule has 0 aromatic heterocycles. The van der Waals surface area contributed by atoms with E-state index in [2.05, 4.69) is 161 Å². The smallest absolute Gasteiger partial charge is 0.00000000396 e. The van der Waals surface area contributed by atoms with Gasteiger partial charge in [0.1, 0.15) is 0 Å². The molecule has 0 bridgehead atoms. The molecule has 0 aromatic carbocycles. The van der Waals surface area contributed by atoms with Gasteiger partial charge in [-0.05, 0) is 281 Å². The van der Waals surface area contributed by atoms with Gasteiger partial charge in [0, 0.05) is 0 Å². The van der Waals surface area contributed by atoms with E-state index in [9.17, 15) is 0 Å². The lowest BCUT2D eigenvalue weighted by molar-refractivity contribution is -0.0672. The van der Waals surface area contributed by atoms with E-state index >= 15 is 0 Å². The fourth-order valence-electron chi connectivity index (χ4n) is 16.8. The molecule has 15 unspecified atom stereocenters. The summed E-state index contributed by atoms with van der Waals surface area (Å²) < 4.78 is 0. The number of hydrogen-bond acceptors (Lipinski definition) is 0. The van der Waals surface area contributed by atoms with Crippen LogP contribution in [0.15, 0.2) is 0 Å². The minimum Gasteiger partial charge on any atom is -0.106 e. The van der Waals surface area contributed by atoms with Crippen LogP contribution in [0.5, 0.6) is 0 Å². The molecule has 15 atom stereocenters.